The Morgan fingerprint density at radius 1 is 1.30 bits per heavy atom. The van der Waals surface area contributed by atoms with Gasteiger partial charge in [0, 0.05) is 19.2 Å². The van der Waals surface area contributed by atoms with Gasteiger partial charge in [-0.05, 0) is 36.4 Å². The number of hydrogen-bond acceptors (Lipinski definition) is 4. The average molecular weight is 315 g/mol. The smallest absolute Gasteiger partial charge is 0.254 e. The molecule has 0 spiro atoms. The fourth-order valence-electron chi connectivity index (χ4n) is 2.08. The zero-order chi connectivity index (χ0) is 16.5. The predicted octanol–water partition coefficient (Wildman–Crippen LogP) is 3.13. The molecule has 2 aromatic rings. The number of furan rings is 1. The van der Waals surface area contributed by atoms with Crippen LogP contribution in [0.3, 0.4) is 0 Å². The summed E-state index contributed by atoms with van der Waals surface area (Å²) in [6.45, 7) is 5.40. The molecule has 0 aliphatic rings. The molecule has 122 valence electrons. The standard InChI is InChI=1S/C18H21NO4/c1-3-11-22-16-8-6-15(7-9-16)18(20)19(10-13-21-2)14-17-5-4-12-23-17/h3-9,12H,1,10-11,13-14H2,2H3. The highest BCUT2D eigenvalue weighted by molar-refractivity contribution is 5.94. The Hall–Kier alpha value is -2.53. The number of benzene rings is 1. The van der Waals surface area contributed by atoms with Gasteiger partial charge in [0.1, 0.15) is 18.1 Å². The first kappa shape index (κ1) is 16.8. The van der Waals surface area contributed by atoms with E-state index in [9.17, 15) is 4.79 Å². The fourth-order valence-corrected chi connectivity index (χ4v) is 2.08. The first-order valence-corrected chi connectivity index (χ1v) is 7.39. The molecule has 0 aliphatic carbocycles. The van der Waals surface area contributed by atoms with E-state index in [2.05, 4.69) is 6.58 Å². The van der Waals surface area contributed by atoms with E-state index in [0.29, 0.717) is 37.6 Å². The Kier molecular flexibility index (Phi) is 6.44. The van der Waals surface area contributed by atoms with Crippen LogP contribution in [0.1, 0.15) is 16.1 Å². The first-order chi connectivity index (χ1) is 11.2. The quantitative estimate of drug-likeness (QED) is 0.667. The number of ether oxygens (including phenoxy) is 2. The van der Waals surface area contributed by atoms with E-state index in [4.69, 9.17) is 13.9 Å². The van der Waals surface area contributed by atoms with Gasteiger partial charge in [-0.15, -0.1) is 0 Å². The summed E-state index contributed by atoms with van der Waals surface area (Å²) in [6, 6.07) is 10.7. The summed E-state index contributed by atoms with van der Waals surface area (Å²) >= 11 is 0. The van der Waals surface area contributed by atoms with Crippen molar-refractivity contribution in [1.29, 1.82) is 0 Å². The highest BCUT2D eigenvalue weighted by atomic mass is 16.5. The van der Waals surface area contributed by atoms with Crippen LogP contribution in [0.15, 0.2) is 59.7 Å². The molecule has 0 bridgehead atoms. The lowest BCUT2D eigenvalue weighted by atomic mass is 10.2. The summed E-state index contributed by atoms with van der Waals surface area (Å²) in [4.78, 5) is 14.4. The minimum Gasteiger partial charge on any atom is -0.490 e. The zero-order valence-corrected chi connectivity index (χ0v) is 13.2. The molecule has 0 saturated carbocycles. The summed E-state index contributed by atoms with van der Waals surface area (Å²) in [6.07, 6.45) is 3.27. The number of amides is 1. The second-order valence-electron chi connectivity index (χ2n) is 4.92. The van der Waals surface area contributed by atoms with Crippen LogP contribution in [0.5, 0.6) is 5.75 Å². The van der Waals surface area contributed by atoms with Crippen molar-refractivity contribution in [1.82, 2.24) is 4.90 Å². The van der Waals surface area contributed by atoms with Crippen molar-refractivity contribution in [2.75, 3.05) is 26.9 Å². The molecule has 5 nitrogen and oxygen atoms in total. The summed E-state index contributed by atoms with van der Waals surface area (Å²) < 4.78 is 15.8. The van der Waals surface area contributed by atoms with E-state index in [0.717, 1.165) is 5.76 Å². The largest absolute Gasteiger partial charge is 0.490 e. The Morgan fingerprint density at radius 2 is 2.09 bits per heavy atom. The van der Waals surface area contributed by atoms with Crippen LogP contribution in [-0.2, 0) is 11.3 Å². The third kappa shape index (κ3) is 5.00. The maximum Gasteiger partial charge on any atom is 0.254 e. The Labute approximate surface area is 136 Å². The predicted molar refractivity (Wildman–Crippen MR) is 87.5 cm³/mol. The van der Waals surface area contributed by atoms with E-state index in [1.165, 1.54) is 0 Å². The molecule has 0 fully saturated rings. The van der Waals surface area contributed by atoms with Crippen molar-refractivity contribution in [3.63, 3.8) is 0 Å². The van der Waals surface area contributed by atoms with Crippen LogP contribution in [0.2, 0.25) is 0 Å². The van der Waals surface area contributed by atoms with Gasteiger partial charge in [0.15, 0.2) is 0 Å². The van der Waals surface area contributed by atoms with Crippen molar-refractivity contribution in [2.24, 2.45) is 0 Å². The Balaban J connectivity index is 2.07. The van der Waals surface area contributed by atoms with E-state index in [1.807, 2.05) is 6.07 Å². The summed E-state index contributed by atoms with van der Waals surface area (Å²) in [5.74, 6) is 1.37. The summed E-state index contributed by atoms with van der Waals surface area (Å²) in [5, 5.41) is 0. The molecular weight excluding hydrogens is 294 g/mol. The van der Waals surface area contributed by atoms with Crippen LogP contribution >= 0.6 is 0 Å². The number of carbonyl (C=O) groups excluding carboxylic acids is 1. The lowest BCUT2D eigenvalue weighted by Crippen LogP contribution is -2.33. The van der Waals surface area contributed by atoms with Gasteiger partial charge in [0.2, 0.25) is 0 Å². The third-order valence-electron chi connectivity index (χ3n) is 3.25. The minimum absolute atomic E-state index is 0.0753. The van der Waals surface area contributed by atoms with E-state index >= 15 is 0 Å². The lowest BCUT2D eigenvalue weighted by molar-refractivity contribution is 0.0666. The van der Waals surface area contributed by atoms with Crippen molar-refractivity contribution >= 4 is 5.91 Å². The maximum absolute atomic E-state index is 12.7. The van der Waals surface area contributed by atoms with Crippen LogP contribution < -0.4 is 4.74 Å². The molecule has 0 saturated heterocycles. The first-order valence-electron chi connectivity index (χ1n) is 7.39. The normalized spacial score (nSPS) is 10.3. The maximum atomic E-state index is 12.7. The second-order valence-corrected chi connectivity index (χ2v) is 4.92. The van der Waals surface area contributed by atoms with Crippen molar-refractivity contribution in [3.05, 3.63) is 66.6 Å². The molecule has 1 aromatic carbocycles. The van der Waals surface area contributed by atoms with Crippen molar-refractivity contribution < 1.29 is 18.7 Å². The highest BCUT2D eigenvalue weighted by Gasteiger charge is 2.17. The van der Waals surface area contributed by atoms with Crippen molar-refractivity contribution in [2.45, 2.75) is 6.54 Å². The number of rotatable bonds is 9. The number of carbonyl (C=O) groups is 1. The SMILES string of the molecule is C=CCOc1ccc(C(=O)N(CCOC)Cc2ccco2)cc1. The zero-order valence-electron chi connectivity index (χ0n) is 13.2. The fraction of sp³-hybridized carbons (Fsp3) is 0.278. The monoisotopic (exact) mass is 315 g/mol. The second kappa shape index (κ2) is 8.80. The van der Waals surface area contributed by atoms with Gasteiger partial charge >= 0.3 is 0 Å². The molecular formula is C18H21NO4. The minimum atomic E-state index is -0.0753. The molecule has 0 atom stereocenters. The number of hydrogen-bond donors (Lipinski definition) is 0. The van der Waals surface area contributed by atoms with Gasteiger partial charge in [-0.3, -0.25) is 4.79 Å². The molecule has 0 radical (unpaired) electrons. The lowest BCUT2D eigenvalue weighted by Gasteiger charge is -2.21. The molecule has 0 aliphatic heterocycles. The third-order valence-corrected chi connectivity index (χ3v) is 3.25. The molecule has 0 unspecified atom stereocenters. The average Bonchev–Trinajstić information content (AvgIpc) is 3.09. The van der Waals surface area contributed by atoms with Gasteiger partial charge in [-0.1, -0.05) is 12.7 Å². The van der Waals surface area contributed by atoms with E-state index in [-0.39, 0.29) is 5.91 Å². The molecule has 1 aromatic heterocycles. The van der Waals surface area contributed by atoms with Crippen LogP contribution in [0, 0.1) is 0 Å². The van der Waals surface area contributed by atoms with Gasteiger partial charge in [0.05, 0.1) is 19.4 Å². The van der Waals surface area contributed by atoms with E-state index < -0.39 is 0 Å². The molecule has 1 amide bonds. The molecule has 23 heavy (non-hydrogen) atoms. The topological polar surface area (TPSA) is 51.9 Å². The van der Waals surface area contributed by atoms with E-state index in [1.54, 1.807) is 54.7 Å². The summed E-state index contributed by atoms with van der Waals surface area (Å²) in [7, 11) is 1.61. The van der Waals surface area contributed by atoms with Crippen LogP contribution in [0.25, 0.3) is 0 Å². The Bertz CT molecular complexity index is 604. The molecule has 1 heterocycles. The number of methoxy groups -OCH3 is 1. The Morgan fingerprint density at radius 3 is 2.70 bits per heavy atom. The van der Waals surface area contributed by atoms with Crippen LogP contribution in [0.4, 0.5) is 0 Å². The molecule has 0 N–H and O–H groups in total. The van der Waals surface area contributed by atoms with Gasteiger partial charge < -0.3 is 18.8 Å². The molecule has 2 rings (SSSR count). The van der Waals surface area contributed by atoms with Gasteiger partial charge in [-0.2, -0.15) is 0 Å². The van der Waals surface area contributed by atoms with Crippen molar-refractivity contribution in [3.8, 4) is 5.75 Å². The molecule has 5 heteroatoms. The summed E-state index contributed by atoms with van der Waals surface area (Å²) in [5.41, 5.74) is 0.596. The highest BCUT2D eigenvalue weighted by Crippen LogP contribution is 2.15. The van der Waals surface area contributed by atoms with Gasteiger partial charge in [-0.25, -0.2) is 0 Å². The number of nitrogens with zero attached hydrogens (tertiary/aromatic N) is 1. The van der Waals surface area contributed by atoms with Gasteiger partial charge in [0.25, 0.3) is 5.91 Å². The van der Waals surface area contributed by atoms with Crippen LogP contribution in [-0.4, -0.2) is 37.7 Å².